The van der Waals surface area contributed by atoms with Gasteiger partial charge in [-0.1, -0.05) is 12.2 Å². The number of hydrogen-bond donors (Lipinski definition) is 1. The minimum absolute atomic E-state index is 0.102. The summed E-state index contributed by atoms with van der Waals surface area (Å²) in [6.07, 6.45) is 4.04. The van der Waals surface area contributed by atoms with Crippen molar-refractivity contribution in [2.75, 3.05) is 0 Å². The van der Waals surface area contributed by atoms with Crippen LogP contribution in [0.1, 0.15) is 13.3 Å². The van der Waals surface area contributed by atoms with Crippen molar-refractivity contribution < 1.29 is 9.18 Å². The Morgan fingerprint density at radius 2 is 2.50 bits per heavy atom. The quantitative estimate of drug-likeness (QED) is 0.688. The normalized spacial score (nSPS) is 23.9. The molecule has 3 heteroatoms. The molecule has 0 radical (unpaired) electrons. The third-order valence-corrected chi connectivity index (χ3v) is 1.92. The molecular formula is C9H12FNO. The average Bonchev–Trinajstić information content (AvgIpc) is 2.36. The largest absolute Gasteiger partial charge is 0.321 e. The first-order valence-electron chi connectivity index (χ1n) is 3.88. The van der Waals surface area contributed by atoms with E-state index in [-0.39, 0.29) is 5.78 Å². The highest BCUT2D eigenvalue weighted by Gasteiger charge is 2.18. The molecular weight excluding hydrogens is 157 g/mol. The van der Waals surface area contributed by atoms with E-state index < -0.39 is 12.2 Å². The Morgan fingerprint density at radius 3 is 2.92 bits per heavy atom. The number of nitrogens with two attached hydrogens (primary N) is 1. The standard InChI is InChI=1S/C9H12FNO/c1-6(12)9(11)5-7-3-2-4-8(7)10/h2-4,8-9H,5,11H2,1H3. The first kappa shape index (κ1) is 9.13. The summed E-state index contributed by atoms with van der Waals surface area (Å²) in [7, 11) is 0. The van der Waals surface area contributed by atoms with Crippen LogP contribution in [0, 0.1) is 0 Å². The van der Waals surface area contributed by atoms with Crippen LogP contribution in [0.5, 0.6) is 0 Å². The monoisotopic (exact) mass is 169 g/mol. The van der Waals surface area contributed by atoms with Crippen molar-refractivity contribution in [3.8, 4) is 0 Å². The molecule has 2 unspecified atom stereocenters. The van der Waals surface area contributed by atoms with Crippen LogP contribution in [0.15, 0.2) is 23.8 Å². The highest BCUT2D eigenvalue weighted by molar-refractivity contribution is 5.81. The number of carbonyl (C=O) groups excluding carboxylic acids is 1. The summed E-state index contributed by atoms with van der Waals surface area (Å²) in [5.41, 5.74) is 6.07. The van der Waals surface area contributed by atoms with Crippen molar-refractivity contribution in [1.82, 2.24) is 0 Å². The summed E-state index contributed by atoms with van der Waals surface area (Å²) in [6, 6.07) is -0.561. The topological polar surface area (TPSA) is 43.1 Å². The Balaban J connectivity index is 2.48. The van der Waals surface area contributed by atoms with E-state index in [1.165, 1.54) is 13.0 Å². The predicted molar refractivity (Wildman–Crippen MR) is 45.4 cm³/mol. The Kier molecular flexibility index (Phi) is 2.76. The number of ketones is 1. The molecule has 1 aliphatic carbocycles. The zero-order chi connectivity index (χ0) is 9.14. The van der Waals surface area contributed by atoms with Crippen LogP contribution < -0.4 is 5.73 Å². The molecule has 0 heterocycles. The van der Waals surface area contributed by atoms with Crippen LogP contribution in [0.3, 0.4) is 0 Å². The summed E-state index contributed by atoms with van der Waals surface area (Å²) in [5.74, 6) is -0.102. The van der Waals surface area contributed by atoms with E-state index in [1.807, 2.05) is 0 Å². The molecule has 1 aliphatic rings. The van der Waals surface area contributed by atoms with E-state index in [9.17, 15) is 9.18 Å². The zero-order valence-corrected chi connectivity index (χ0v) is 6.96. The van der Waals surface area contributed by atoms with Gasteiger partial charge in [-0.25, -0.2) is 4.39 Å². The number of carbonyl (C=O) groups is 1. The fourth-order valence-electron chi connectivity index (χ4n) is 1.07. The molecule has 0 spiro atoms. The molecule has 0 amide bonds. The molecule has 0 aromatic heterocycles. The average molecular weight is 169 g/mol. The van der Waals surface area contributed by atoms with Gasteiger partial charge in [0, 0.05) is 0 Å². The summed E-state index contributed by atoms with van der Waals surface area (Å²) >= 11 is 0. The number of rotatable bonds is 3. The van der Waals surface area contributed by atoms with Crippen LogP contribution >= 0.6 is 0 Å². The molecule has 2 atom stereocenters. The van der Waals surface area contributed by atoms with Crippen molar-refractivity contribution in [2.24, 2.45) is 5.73 Å². The lowest BCUT2D eigenvalue weighted by Crippen LogP contribution is -2.29. The second-order valence-corrected chi connectivity index (χ2v) is 2.95. The Hall–Kier alpha value is -0.960. The van der Waals surface area contributed by atoms with Gasteiger partial charge < -0.3 is 5.73 Å². The number of Topliss-reactive ketones (excluding diaryl/α,β-unsaturated/α-hetero) is 1. The van der Waals surface area contributed by atoms with Gasteiger partial charge >= 0.3 is 0 Å². The van der Waals surface area contributed by atoms with Crippen LogP contribution in [0.25, 0.3) is 0 Å². The lowest BCUT2D eigenvalue weighted by Gasteiger charge is -2.09. The highest BCUT2D eigenvalue weighted by atomic mass is 19.1. The van der Waals surface area contributed by atoms with Gasteiger partial charge in [-0.2, -0.15) is 0 Å². The molecule has 2 nitrogen and oxygen atoms in total. The van der Waals surface area contributed by atoms with Crippen molar-refractivity contribution in [2.45, 2.75) is 25.6 Å². The summed E-state index contributed by atoms with van der Waals surface area (Å²) in [5, 5.41) is 0. The Morgan fingerprint density at radius 1 is 1.83 bits per heavy atom. The van der Waals surface area contributed by atoms with E-state index in [0.29, 0.717) is 12.0 Å². The van der Waals surface area contributed by atoms with Gasteiger partial charge in [0.1, 0.15) is 12.0 Å². The van der Waals surface area contributed by atoms with E-state index in [2.05, 4.69) is 0 Å². The minimum atomic E-state index is -1.05. The smallest absolute Gasteiger partial charge is 0.146 e. The van der Waals surface area contributed by atoms with Gasteiger partial charge in [-0.3, -0.25) is 4.79 Å². The Bertz CT molecular complexity index is 245. The van der Waals surface area contributed by atoms with Gasteiger partial charge in [0.05, 0.1) is 6.04 Å². The van der Waals surface area contributed by atoms with Gasteiger partial charge in [0.15, 0.2) is 0 Å². The fraction of sp³-hybridized carbons (Fsp3) is 0.444. The van der Waals surface area contributed by atoms with E-state index in [1.54, 1.807) is 12.2 Å². The summed E-state index contributed by atoms with van der Waals surface area (Å²) < 4.78 is 12.9. The van der Waals surface area contributed by atoms with Crippen LogP contribution in [0.2, 0.25) is 0 Å². The number of halogens is 1. The van der Waals surface area contributed by atoms with E-state index >= 15 is 0 Å². The van der Waals surface area contributed by atoms with Crippen LogP contribution in [-0.4, -0.2) is 18.0 Å². The highest BCUT2D eigenvalue weighted by Crippen LogP contribution is 2.19. The lowest BCUT2D eigenvalue weighted by molar-refractivity contribution is -0.118. The third-order valence-electron chi connectivity index (χ3n) is 1.92. The van der Waals surface area contributed by atoms with Gasteiger partial charge in [0.25, 0.3) is 0 Å². The van der Waals surface area contributed by atoms with Crippen molar-refractivity contribution in [3.63, 3.8) is 0 Å². The fourth-order valence-corrected chi connectivity index (χ4v) is 1.07. The first-order valence-corrected chi connectivity index (χ1v) is 3.88. The molecule has 1 rings (SSSR count). The van der Waals surface area contributed by atoms with E-state index in [0.717, 1.165) is 0 Å². The maximum atomic E-state index is 12.9. The third kappa shape index (κ3) is 2.01. The zero-order valence-electron chi connectivity index (χ0n) is 6.96. The van der Waals surface area contributed by atoms with Gasteiger partial charge in [0.2, 0.25) is 0 Å². The molecule has 0 aromatic carbocycles. The molecule has 0 aromatic rings. The maximum absolute atomic E-state index is 12.9. The molecule has 2 N–H and O–H groups in total. The molecule has 0 saturated heterocycles. The van der Waals surface area contributed by atoms with E-state index in [4.69, 9.17) is 5.73 Å². The molecule has 12 heavy (non-hydrogen) atoms. The maximum Gasteiger partial charge on any atom is 0.146 e. The molecule has 0 fully saturated rings. The summed E-state index contributed by atoms with van der Waals surface area (Å²) in [4.78, 5) is 10.7. The second kappa shape index (κ2) is 3.63. The van der Waals surface area contributed by atoms with Crippen LogP contribution in [0.4, 0.5) is 4.39 Å². The van der Waals surface area contributed by atoms with Crippen LogP contribution in [-0.2, 0) is 4.79 Å². The molecule has 0 aliphatic heterocycles. The van der Waals surface area contributed by atoms with Crippen molar-refractivity contribution in [3.05, 3.63) is 23.8 Å². The van der Waals surface area contributed by atoms with Gasteiger partial charge in [-0.15, -0.1) is 0 Å². The summed E-state index contributed by atoms with van der Waals surface area (Å²) in [6.45, 7) is 1.42. The minimum Gasteiger partial charge on any atom is -0.321 e. The molecule has 0 saturated carbocycles. The van der Waals surface area contributed by atoms with Gasteiger partial charge in [-0.05, 0) is 25.0 Å². The molecule has 66 valence electrons. The second-order valence-electron chi connectivity index (χ2n) is 2.95. The molecule has 0 bridgehead atoms. The predicted octanol–water partition coefficient (Wildman–Crippen LogP) is 1.13. The first-order chi connectivity index (χ1) is 5.61. The lowest BCUT2D eigenvalue weighted by atomic mass is 10.0. The number of allylic oxidation sites excluding steroid dienone is 3. The van der Waals surface area contributed by atoms with Crippen molar-refractivity contribution >= 4 is 5.78 Å². The Labute approximate surface area is 70.9 Å². The number of alkyl halides is 1. The number of hydrogen-bond acceptors (Lipinski definition) is 2. The SMILES string of the molecule is CC(=O)C(N)CC1=CC=CC1F. The van der Waals surface area contributed by atoms with Crippen molar-refractivity contribution in [1.29, 1.82) is 0 Å².